The van der Waals surface area contributed by atoms with Gasteiger partial charge in [0.2, 0.25) is 9.04 Å². The van der Waals surface area contributed by atoms with Gasteiger partial charge in [-0.25, -0.2) is 0 Å². The van der Waals surface area contributed by atoms with Crippen LogP contribution in [0, 0.1) is 0 Å². The lowest BCUT2D eigenvalue weighted by Gasteiger charge is -2.11. The van der Waals surface area contributed by atoms with Gasteiger partial charge in [0.1, 0.15) is 11.4 Å². The zero-order valence-corrected chi connectivity index (χ0v) is 12.7. The molecule has 2 aromatic rings. The smallest absolute Gasteiger partial charge is 0.229 e. The SMILES string of the molecule is Cn1cc(CC=Nc2ccccc2O[SiH](C)C)cn1. The maximum absolute atomic E-state index is 5.86. The molecule has 0 atom stereocenters. The molecule has 0 saturated carbocycles. The third-order valence-electron chi connectivity index (χ3n) is 2.54. The number of hydrogen-bond donors (Lipinski definition) is 0. The van der Waals surface area contributed by atoms with Crippen molar-refractivity contribution in [1.29, 1.82) is 0 Å². The molecule has 1 heterocycles. The highest BCUT2D eigenvalue weighted by atomic mass is 28.3. The Labute approximate surface area is 115 Å². The molecule has 100 valence electrons. The lowest BCUT2D eigenvalue weighted by molar-refractivity contribution is 0.582. The summed E-state index contributed by atoms with van der Waals surface area (Å²) in [6.45, 7) is 4.30. The summed E-state index contributed by atoms with van der Waals surface area (Å²) in [6.07, 6.45) is 6.54. The minimum absolute atomic E-state index is 0.779. The van der Waals surface area contributed by atoms with Gasteiger partial charge < -0.3 is 4.43 Å². The molecule has 1 aromatic carbocycles. The van der Waals surface area contributed by atoms with Crippen LogP contribution in [0.1, 0.15) is 5.56 Å². The Bertz CT molecular complexity index is 563. The predicted molar refractivity (Wildman–Crippen MR) is 81.0 cm³/mol. The molecule has 0 amide bonds. The molecule has 0 unspecified atom stereocenters. The van der Waals surface area contributed by atoms with E-state index in [0.717, 1.165) is 23.4 Å². The van der Waals surface area contributed by atoms with Gasteiger partial charge in [0.15, 0.2) is 0 Å². The number of nitrogens with zero attached hydrogens (tertiary/aromatic N) is 3. The van der Waals surface area contributed by atoms with Gasteiger partial charge in [0.25, 0.3) is 0 Å². The lowest BCUT2D eigenvalue weighted by atomic mass is 10.2. The molecule has 5 heteroatoms. The Balaban J connectivity index is 2.05. The molecule has 0 bridgehead atoms. The van der Waals surface area contributed by atoms with Gasteiger partial charge in [0, 0.05) is 25.9 Å². The standard InChI is InChI=1S/C14H19N3OSi/c1-17-11-12(10-16-17)8-9-15-13-6-4-5-7-14(13)18-19(2)3/h4-7,9-11,19H,8H2,1-3H3. The van der Waals surface area contributed by atoms with E-state index in [2.05, 4.69) is 23.2 Å². The molecule has 0 N–H and O–H groups in total. The van der Waals surface area contributed by atoms with Crippen LogP contribution in [0.4, 0.5) is 5.69 Å². The first kappa shape index (κ1) is 13.5. The van der Waals surface area contributed by atoms with Crippen molar-refractivity contribution < 1.29 is 4.43 Å². The first-order valence-corrected chi connectivity index (χ1v) is 9.19. The van der Waals surface area contributed by atoms with Crippen LogP contribution >= 0.6 is 0 Å². The maximum Gasteiger partial charge on any atom is 0.229 e. The molecular formula is C14H19N3OSi. The molecule has 0 saturated heterocycles. The monoisotopic (exact) mass is 273 g/mol. The van der Waals surface area contributed by atoms with Crippen LogP contribution in [0.15, 0.2) is 41.7 Å². The maximum atomic E-state index is 5.86. The van der Waals surface area contributed by atoms with Crippen molar-refractivity contribution >= 4 is 20.9 Å². The largest absolute Gasteiger partial charge is 0.546 e. The van der Waals surface area contributed by atoms with E-state index >= 15 is 0 Å². The molecule has 0 aliphatic rings. The summed E-state index contributed by atoms with van der Waals surface area (Å²) in [5, 5.41) is 4.14. The number of hydrogen-bond acceptors (Lipinski definition) is 3. The highest BCUT2D eigenvalue weighted by Crippen LogP contribution is 2.27. The first-order chi connectivity index (χ1) is 9.15. The van der Waals surface area contributed by atoms with Gasteiger partial charge >= 0.3 is 0 Å². The Morgan fingerprint density at radius 2 is 2.16 bits per heavy atom. The van der Waals surface area contributed by atoms with Crippen LogP contribution in [0.2, 0.25) is 13.1 Å². The predicted octanol–water partition coefficient (Wildman–Crippen LogP) is 2.73. The number of aliphatic imine (C=N–C) groups is 1. The second-order valence-corrected chi connectivity index (χ2v) is 7.01. The number of rotatable bonds is 5. The zero-order valence-electron chi connectivity index (χ0n) is 11.6. The second kappa shape index (κ2) is 6.33. The van der Waals surface area contributed by atoms with Crippen molar-refractivity contribution in [2.75, 3.05) is 0 Å². The summed E-state index contributed by atoms with van der Waals surface area (Å²) in [5.74, 6) is 0.881. The van der Waals surface area contributed by atoms with E-state index in [-0.39, 0.29) is 0 Å². The molecule has 0 aliphatic carbocycles. The molecule has 0 aliphatic heterocycles. The average Bonchev–Trinajstić information content (AvgIpc) is 2.77. The second-order valence-electron chi connectivity index (χ2n) is 4.67. The van der Waals surface area contributed by atoms with Gasteiger partial charge in [0.05, 0.1) is 6.20 Å². The van der Waals surface area contributed by atoms with E-state index in [9.17, 15) is 0 Å². The van der Waals surface area contributed by atoms with E-state index in [4.69, 9.17) is 4.43 Å². The molecule has 19 heavy (non-hydrogen) atoms. The van der Waals surface area contributed by atoms with Crippen LogP contribution in [-0.2, 0) is 13.5 Å². The minimum atomic E-state index is -1.10. The van der Waals surface area contributed by atoms with Crippen molar-refractivity contribution in [3.8, 4) is 5.75 Å². The summed E-state index contributed by atoms with van der Waals surface area (Å²) in [6, 6.07) is 7.91. The average molecular weight is 273 g/mol. The topological polar surface area (TPSA) is 39.4 Å². The summed E-state index contributed by atoms with van der Waals surface area (Å²) in [4.78, 5) is 4.50. The summed E-state index contributed by atoms with van der Waals surface area (Å²) in [5.41, 5.74) is 2.05. The number of aryl methyl sites for hydroxylation is 1. The number of para-hydroxylation sites is 2. The van der Waals surface area contributed by atoms with E-state index in [1.807, 2.05) is 49.9 Å². The molecule has 2 rings (SSSR count). The zero-order chi connectivity index (χ0) is 13.7. The van der Waals surface area contributed by atoms with Crippen LogP contribution in [0.25, 0.3) is 0 Å². The third-order valence-corrected chi connectivity index (χ3v) is 3.27. The van der Waals surface area contributed by atoms with E-state index in [1.54, 1.807) is 4.68 Å². The molecular weight excluding hydrogens is 254 g/mol. The number of aromatic nitrogens is 2. The van der Waals surface area contributed by atoms with Crippen LogP contribution in [0.5, 0.6) is 5.75 Å². The van der Waals surface area contributed by atoms with E-state index in [0.29, 0.717) is 0 Å². The van der Waals surface area contributed by atoms with Gasteiger partial charge in [-0.05, 0) is 30.8 Å². The van der Waals surface area contributed by atoms with Crippen LogP contribution in [-0.4, -0.2) is 25.0 Å². The fourth-order valence-corrected chi connectivity index (χ4v) is 2.45. The van der Waals surface area contributed by atoms with Gasteiger partial charge in [-0.15, -0.1) is 0 Å². The Morgan fingerprint density at radius 1 is 1.37 bits per heavy atom. The lowest BCUT2D eigenvalue weighted by Crippen LogP contribution is -2.11. The summed E-state index contributed by atoms with van der Waals surface area (Å²) >= 11 is 0. The highest BCUT2D eigenvalue weighted by Gasteiger charge is 2.03. The van der Waals surface area contributed by atoms with Crippen molar-refractivity contribution in [2.45, 2.75) is 19.5 Å². The van der Waals surface area contributed by atoms with Gasteiger partial charge in [-0.3, -0.25) is 9.67 Å². The van der Waals surface area contributed by atoms with Crippen molar-refractivity contribution in [3.63, 3.8) is 0 Å². The van der Waals surface area contributed by atoms with Gasteiger partial charge in [-0.1, -0.05) is 12.1 Å². The summed E-state index contributed by atoms with van der Waals surface area (Å²) in [7, 11) is 0.811. The fourth-order valence-electron chi connectivity index (χ4n) is 1.74. The van der Waals surface area contributed by atoms with Crippen molar-refractivity contribution in [1.82, 2.24) is 9.78 Å². The fraction of sp³-hybridized carbons (Fsp3) is 0.286. The normalized spacial score (nSPS) is 11.4. The Hall–Kier alpha value is -1.88. The minimum Gasteiger partial charge on any atom is -0.546 e. The van der Waals surface area contributed by atoms with E-state index in [1.165, 1.54) is 0 Å². The Kier molecular flexibility index (Phi) is 4.51. The molecule has 4 nitrogen and oxygen atoms in total. The molecule has 0 radical (unpaired) electrons. The quantitative estimate of drug-likeness (QED) is 0.620. The van der Waals surface area contributed by atoms with Gasteiger partial charge in [-0.2, -0.15) is 5.10 Å². The van der Waals surface area contributed by atoms with Crippen molar-refractivity contribution in [2.24, 2.45) is 12.0 Å². The van der Waals surface area contributed by atoms with Crippen molar-refractivity contribution in [3.05, 3.63) is 42.2 Å². The number of benzene rings is 1. The third kappa shape index (κ3) is 4.06. The molecule has 0 fully saturated rings. The Morgan fingerprint density at radius 3 is 2.84 bits per heavy atom. The highest BCUT2D eigenvalue weighted by molar-refractivity contribution is 6.49. The first-order valence-electron chi connectivity index (χ1n) is 6.41. The molecule has 1 aromatic heterocycles. The summed E-state index contributed by atoms with van der Waals surface area (Å²) < 4.78 is 7.66. The van der Waals surface area contributed by atoms with Crippen LogP contribution in [0.3, 0.4) is 0 Å². The molecule has 0 spiro atoms. The van der Waals surface area contributed by atoms with Crippen LogP contribution < -0.4 is 4.43 Å². The van der Waals surface area contributed by atoms with E-state index < -0.39 is 9.04 Å².